The van der Waals surface area contributed by atoms with Crippen molar-refractivity contribution in [2.45, 2.75) is 39.6 Å². The van der Waals surface area contributed by atoms with Crippen LogP contribution in [0.1, 0.15) is 36.7 Å². The van der Waals surface area contributed by atoms with E-state index in [0.717, 1.165) is 13.1 Å². The van der Waals surface area contributed by atoms with Gasteiger partial charge in [0.1, 0.15) is 18.8 Å². The molecule has 2 atom stereocenters. The Morgan fingerprint density at radius 3 is 2.71 bits per heavy atom. The van der Waals surface area contributed by atoms with Gasteiger partial charge in [-0.05, 0) is 32.1 Å². The Hall–Kier alpha value is -1.63. The van der Waals surface area contributed by atoms with Gasteiger partial charge < -0.3 is 24.2 Å². The third-order valence-electron chi connectivity index (χ3n) is 4.34. The normalized spacial score (nSPS) is 18.4. The van der Waals surface area contributed by atoms with Gasteiger partial charge in [0.25, 0.3) is 0 Å². The summed E-state index contributed by atoms with van der Waals surface area (Å²) in [5.74, 6) is 0.955. The summed E-state index contributed by atoms with van der Waals surface area (Å²) in [6.07, 6.45) is -1.07. The lowest BCUT2D eigenvalue weighted by Gasteiger charge is -2.26. The first-order valence-electron chi connectivity index (χ1n) is 8.40. The van der Waals surface area contributed by atoms with Crippen molar-refractivity contribution in [2.75, 3.05) is 33.4 Å². The zero-order valence-electron chi connectivity index (χ0n) is 14.9. The maximum atomic E-state index is 12.3. The molecule has 6 heteroatoms. The quantitative estimate of drug-likeness (QED) is 0.781. The lowest BCUT2D eigenvalue weighted by molar-refractivity contribution is 0.0310. The number of hydrogen-bond donors (Lipinski definition) is 1. The van der Waals surface area contributed by atoms with E-state index >= 15 is 0 Å². The lowest BCUT2D eigenvalue weighted by Crippen LogP contribution is -2.35. The Morgan fingerprint density at radius 2 is 2.08 bits per heavy atom. The van der Waals surface area contributed by atoms with E-state index in [1.807, 2.05) is 0 Å². The molecule has 1 aromatic carbocycles. The summed E-state index contributed by atoms with van der Waals surface area (Å²) in [5.41, 5.74) is 1.29. The van der Waals surface area contributed by atoms with Crippen LogP contribution in [-0.2, 0) is 11.3 Å². The molecule has 2 rings (SSSR count). The first-order valence-corrected chi connectivity index (χ1v) is 8.40. The number of aliphatic hydroxyl groups excluding tert-OH is 1. The standard InChI is InChI=1S/C18H27NO5/c1-5-19(6-2)9-13(20)10-24-18-15-11-23-12(3)17(21)14(15)7-8-16(18)22-4/h7-8,12-13,20H,5-6,9-11H2,1-4H3. The number of likely N-dealkylation sites (N-methyl/N-ethyl adjacent to an activating group) is 1. The summed E-state index contributed by atoms with van der Waals surface area (Å²) in [6, 6.07) is 3.47. The van der Waals surface area contributed by atoms with Crippen LogP contribution in [0.4, 0.5) is 0 Å². The zero-order valence-corrected chi connectivity index (χ0v) is 14.9. The first kappa shape index (κ1) is 18.7. The Morgan fingerprint density at radius 1 is 1.38 bits per heavy atom. The average molecular weight is 337 g/mol. The minimum Gasteiger partial charge on any atom is -0.493 e. The molecule has 0 saturated heterocycles. The van der Waals surface area contributed by atoms with Crippen LogP contribution in [0.15, 0.2) is 12.1 Å². The molecule has 0 aliphatic carbocycles. The molecule has 1 aromatic rings. The topological polar surface area (TPSA) is 68.2 Å². The monoisotopic (exact) mass is 337 g/mol. The van der Waals surface area contributed by atoms with E-state index in [-0.39, 0.29) is 12.4 Å². The summed E-state index contributed by atoms with van der Waals surface area (Å²) >= 11 is 0. The van der Waals surface area contributed by atoms with Crippen LogP contribution < -0.4 is 9.47 Å². The second kappa shape index (κ2) is 8.46. The maximum Gasteiger partial charge on any atom is 0.191 e. The largest absolute Gasteiger partial charge is 0.493 e. The number of methoxy groups -OCH3 is 1. The van der Waals surface area contributed by atoms with Crippen molar-refractivity contribution in [3.8, 4) is 11.5 Å². The van der Waals surface area contributed by atoms with Gasteiger partial charge in [0.2, 0.25) is 0 Å². The number of hydrogen-bond acceptors (Lipinski definition) is 6. The van der Waals surface area contributed by atoms with E-state index in [2.05, 4.69) is 18.7 Å². The van der Waals surface area contributed by atoms with E-state index in [1.54, 1.807) is 26.2 Å². The summed E-state index contributed by atoms with van der Waals surface area (Å²) in [7, 11) is 1.55. The van der Waals surface area contributed by atoms with Crippen LogP contribution in [0.25, 0.3) is 0 Å². The van der Waals surface area contributed by atoms with E-state index < -0.39 is 12.2 Å². The fourth-order valence-corrected chi connectivity index (χ4v) is 2.81. The molecule has 0 spiro atoms. The second-order valence-corrected chi connectivity index (χ2v) is 5.89. The molecule has 6 nitrogen and oxygen atoms in total. The number of nitrogens with zero attached hydrogens (tertiary/aromatic N) is 1. The van der Waals surface area contributed by atoms with Crippen molar-refractivity contribution in [1.29, 1.82) is 0 Å². The Labute approximate surface area is 143 Å². The third kappa shape index (κ3) is 4.06. The van der Waals surface area contributed by atoms with Gasteiger partial charge in [0.15, 0.2) is 17.3 Å². The number of aliphatic hydroxyl groups is 1. The number of benzene rings is 1. The van der Waals surface area contributed by atoms with Crippen LogP contribution in [0.3, 0.4) is 0 Å². The van der Waals surface area contributed by atoms with Gasteiger partial charge in [0, 0.05) is 17.7 Å². The molecule has 1 aliphatic rings. The van der Waals surface area contributed by atoms with Gasteiger partial charge in [-0.3, -0.25) is 4.79 Å². The number of carbonyl (C=O) groups excluding carboxylic acids is 1. The highest BCUT2D eigenvalue weighted by Gasteiger charge is 2.29. The molecule has 0 bridgehead atoms. The van der Waals surface area contributed by atoms with Crippen molar-refractivity contribution in [2.24, 2.45) is 0 Å². The number of ketones is 1. The van der Waals surface area contributed by atoms with Crippen LogP contribution in [0, 0.1) is 0 Å². The molecule has 134 valence electrons. The fraction of sp³-hybridized carbons (Fsp3) is 0.611. The smallest absolute Gasteiger partial charge is 0.191 e. The Balaban J connectivity index is 2.16. The van der Waals surface area contributed by atoms with Gasteiger partial charge in [-0.25, -0.2) is 0 Å². The molecule has 0 fully saturated rings. The summed E-state index contributed by atoms with van der Waals surface area (Å²) < 4.78 is 16.7. The SMILES string of the molecule is CCN(CC)CC(O)COc1c(OC)ccc2c1COC(C)C2=O. The molecule has 1 N–H and O–H groups in total. The Bertz CT molecular complexity index is 571. The molecular weight excluding hydrogens is 310 g/mol. The second-order valence-electron chi connectivity index (χ2n) is 5.89. The van der Waals surface area contributed by atoms with E-state index in [0.29, 0.717) is 35.8 Å². The summed E-state index contributed by atoms with van der Waals surface area (Å²) in [6.45, 7) is 8.56. The molecule has 0 saturated carbocycles. The van der Waals surface area contributed by atoms with Crippen molar-refractivity contribution < 1.29 is 24.1 Å². The van der Waals surface area contributed by atoms with Crippen molar-refractivity contribution in [1.82, 2.24) is 4.90 Å². The van der Waals surface area contributed by atoms with Gasteiger partial charge in [0.05, 0.1) is 13.7 Å². The average Bonchev–Trinajstić information content (AvgIpc) is 2.60. The number of fused-ring (bicyclic) bond motifs is 1. The third-order valence-corrected chi connectivity index (χ3v) is 4.34. The van der Waals surface area contributed by atoms with Gasteiger partial charge in [-0.1, -0.05) is 13.8 Å². The van der Waals surface area contributed by atoms with Gasteiger partial charge in [-0.15, -0.1) is 0 Å². The van der Waals surface area contributed by atoms with Crippen LogP contribution in [-0.4, -0.2) is 61.3 Å². The summed E-state index contributed by atoms with van der Waals surface area (Å²) in [4.78, 5) is 14.4. The van der Waals surface area contributed by atoms with Crippen LogP contribution in [0.2, 0.25) is 0 Å². The number of Topliss-reactive ketones (excluding diaryl/α,β-unsaturated/α-hetero) is 1. The molecule has 0 amide bonds. The maximum absolute atomic E-state index is 12.3. The van der Waals surface area contributed by atoms with Crippen LogP contribution in [0.5, 0.6) is 11.5 Å². The van der Waals surface area contributed by atoms with Gasteiger partial charge >= 0.3 is 0 Å². The zero-order chi connectivity index (χ0) is 17.7. The molecule has 0 aromatic heterocycles. The summed E-state index contributed by atoms with van der Waals surface area (Å²) in [5, 5.41) is 10.2. The Kier molecular flexibility index (Phi) is 6.60. The highest BCUT2D eigenvalue weighted by Crippen LogP contribution is 2.37. The minimum atomic E-state index is -0.621. The number of ether oxygens (including phenoxy) is 3. The predicted molar refractivity (Wildman–Crippen MR) is 90.9 cm³/mol. The predicted octanol–water partition coefficient (Wildman–Crippen LogP) is 1.88. The molecule has 24 heavy (non-hydrogen) atoms. The molecule has 1 heterocycles. The highest BCUT2D eigenvalue weighted by atomic mass is 16.5. The van der Waals surface area contributed by atoms with Gasteiger partial charge in [-0.2, -0.15) is 0 Å². The number of rotatable bonds is 8. The van der Waals surface area contributed by atoms with E-state index in [1.165, 1.54) is 0 Å². The fourth-order valence-electron chi connectivity index (χ4n) is 2.81. The molecule has 1 aliphatic heterocycles. The number of carbonyl (C=O) groups is 1. The lowest BCUT2D eigenvalue weighted by atomic mass is 9.97. The minimum absolute atomic E-state index is 0.0626. The van der Waals surface area contributed by atoms with E-state index in [4.69, 9.17) is 14.2 Å². The van der Waals surface area contributed by atoms with E-state index in [9.17, 15) is 9.90 Å². The van der Waals surface area contributed by atoms with Crippen molar-refractivity contribution in [3.63, 3.8) is 0 Å². The van der Waals surface area contributed by atoms with Crippen molar-refractivity contribution in [3.05, 3.63) is 23.3 Å². The highest BCUT2D eigenvalue weighted by molar-refractivity contribution is 6.02. The molecule has 0 radical (unpaired) electrons. The van der Waals surface area contributed by atoms with Crippen LogP contribution >= 0.6 is 0 Å². The molecular formula is C18H27NO5. The molecule has 2 unspecified atom stereocenters. The first-order chi connectivity index (χ1) is 11.5. The van der Waals surface area contributed by atoms with Crippen molar-refractivity contribution >= 4 is 5.78 Å².